The third-order valence-electron chi connectivity index (χ3n) is 5.92. The van der Waals surface area contributed by atoms with Crippen molar-refractivity contribution in [1.29, 1.82) is 0 Å². The molecule has 6 aromatic rings. The van der Waals surface area contributed by atoms with E-state index >= 15 is 0 Å². The monoisotopic (exact) mass is 391 g/mol. The molecular weight excluding hydrogens is 370 g/mol. The van der Waals surface area contributed by atoms with E-state index in [-0.39, 0.29) is 5.41 Å². The molecule has 30 heavy (non-hydrogen) atoms. The Kier molecular flexibility index (Phi) is 3.43. The van der Waals surface area contributed by atoms with E-state index in [1.54, 1.807) is 6.26 Å². The van der Waals surface area contributed by atoms with Crippen molar-refractivity contribution in [3.8, 4) is 11.3 Å². The van der Waals surface area contributed by atoms with Crippen molar-refractivity contribution in [3.05, 3.63) is 78.7 Å². The quantitative estimate of drug-likeness (QED) is 0.286. The summed E-state index contributed by atoms with van der Waals surface area (Å²) in [4.78, 5) is 4.83. The van der Waals surface area contributed by atoms with Crippen LogP contribution in [0.5, 0.6) is 0 Å². The lowest BCUT2D eigenvalue weighted by Crippen LogP contribution is -2.12. The van der Waals surface area contributed by atoms with Gasteiger partial charge in [0.1, 0.15) is 16.7 Å². The SMILES string of the molecule is CC(C)(C)c1cc(-c2nccc3oc4ccc5occc5c4c23)cc2ccccc12. The van der Waals surface area contributed by atoms with Gasteiger partial charge in [0.05, 0.1) is 17.3 Å². The van der Waals surface area contributed by atoms with Gasteiger partial charge in [0.15, 0.2) is 0 Å². The molecular formula is C27H21NO2. The minimum absolute atomic E-state index is 0.0137. The average Bonchev–Trinajstić information content (AvgIpc) is 3.35. The lowest BCUT2D eigenvalue weighted by molar-refractivity contribution is 0.596. The van der Waals surface area contributed by atoms with E-state index in [9.17, 15) is 0 Å². The molecule has 0 bridgehead atoms. The minimum atomic E-state index is 0.0137. The molecule has 0 saturated heterocycles. The third-order valence-corrected chi connectivity index (χ3v) is 5.92. The number of benzene rings is 3. The number of hydrogen-bond donors (Lipinski definition) is 0. The number of rotatable bonds is 1. The number of furan rings is 2. The maximum Gasteiger partial charge on any atom is 0.139 e. The minimum Gasteiger partial charge on any atom is -0.464 e. The molecule has 0 unspecified atom stereocenters. The summed E-state index contributed by atoms with van der Waals surface area (Å²) < 4.78 is 11.8. The highest BCUT2D eigenvalue weighted by Gasteiger charge is 2.21. The molecule has 146 valence electrons. The van der Waals surface area contributed by atoms with Gasteiger partial charge < -0.3 is 8.83 Å². The Hall–Kier alpha value is -3.59. The van der Waals surface area contributed by atoms with Crippen molar-refractivity contribution in [2.75, 3.05) is 0 Å². The van der Waals surface area contributed by atoms with Crippen LogP contribution in [0.3, 0.4) is 0 Å². The second kappa shape index (κ2) is 5.96. The van der Waals surface area contributed by atoms with Crippen molar-refractivity contribution < 1.29 is 8.83 Å². The number of nitrogens with zero attached hydrogens (tertiary/aromatic N) is 1. The zero-order valence-electron chi connectivity index (χ0n) is 17.2. The summed E-state index contributed by atoms with van der Waals surface area (Å²) in [7, 11) is 0. The van der Waals surface area contributed by atoms with Gasteiger partial charge >= 0.3 is 0 Å². The molecule has 3 heterocycles. The molecule has 0 N–H and O–H groups in total. The molecule has 0 fully saturated rings. The summed E-state index contributed by atoms with van der Waals surface area (Å²) >= 11 is 0. The third kappa shape index (κ3) is 2.42. The first kappa shape index (κ1) is 17.3. The fraction of sp³-hybridized carbons (Fsp3) is 0.148. The second-order valence-corrected chi connectivity index (χ2v) is 8.90. The first-order valence-electron chi connectivity index (χ1n) is 10.2. The van der Waals surface area contributed by atoms with Crippen molar-refractivity contribution >= 4 is 43.7 Å². The first-order valence-corrected chi connectivity index (χ1v) is 10.2. The topological polar surface area (TPSA) is 39.2 Å². The van der Waals surface area contributed by atoms with E-state index in [0.717, 1.165) is 44.2 Å². The van der Waals surface area contributed by atoms with E-state index < -0.39 is 0 Å². The molecule has 3 heteroatoms. The largest absolute Gasteiger partial charge is 0.464 e. The Morgan fingerprint density at radius 3 is 2.43 bits per heavy atom. The normalized spacial score (nSPS) is 12.5. The molecule has 0 aliphatic rings. The molecule has 0 aliphatic carbocycles. The smallest absolute Gasteiger partial charge is 0.139 e. The molecule has 6 rings (SSSR count). The van der Waals surface area contributed by atoms with Gasteiger partial charge in [-0.25, -0.2) is 0 Å². The molecule has 0 radical (unpaired) electrons. The Labute approximate surface area is 173 Å². The van der Waals surface area contributed by atoms with E-state index in [1.165, 1.54) is 16.3 Å². The van der Waals surface area contributed by atoms with Crippen LogP contribution in [-0.4, -0.2) is 4.98 Å². The van der Waals surface area contributed by atoms with Gasteiger partial charge in [-0.2, -0.15) is 0 Å². The van der Waals surface area contributed by atoms with Gasteiger partial charge in [-0.05, 0) is 58.1 Å². The van der Waals surface area contributed by atoms with Gasteiger partial charge in [-0.15, -0.1) is 0 Å². The maximum atomic E-state index is 6.20. The molecule has 0 spiro atoms. The summed E-state index contributed by atoms with van der Waals surface area (Å²) in [6, 6.07) is 21.0. The summed E-state index contributed by atoms with van der Waals surface area (Å²) in [5.41, 5.74) is 5.92. The lowest BCUT2D eigenvalue weighted by Gasteiger charge is -2.22. The van der Waals surface area contributed by atoms with Gasteiger partial charge in [-0.3, -0.25) is 4.98 Å². The Morgan fingerprint density at radius 1 is 0.767 bits per heavy atom. The molecule has 3 nitrogen and oxygen atoms in total. The summed E-state index contributed by atoms with van der Waals surface area (Å²) in [5, 5.41) is 5.66. The van der Waals surface area contributed by atoms with Crippen LogP contribution in [-0.2, 0) is 5.41 Å². The van der Waals surface area contributed by atoms with Crippen LogP contribution >= 0.6 is 0 Å². The van der Waals surface area contributed by atoms with E-state index in [2.05, 4.69) is 57.2 Å². The standard InChI is InChI=1S/C27H21NO2/c1-27(2,3)20-15-17(14-16-6-4-5-7-18(16)20)26-25-23(10-12-28-26)30-22-9-8-21-19(24(22)25)11-13-29-21/h4-15H,1-3H3. The predicted octanol–water partition coefficient (Wildman–Crippen LogP) is 7.84. The van der Waals surface area contributed by atoms with Gasteiger partial charge in [0, 0.05) is 22.5 Å². The fourth-order valence-electron chi connectivity index (χ4n) is 4.54. The molecule has 3 aromatic carbocycles. The highest BCUT2D eigenvalue weighted by Crippen LogP contribution is 2.41. The Bertz CT molecular complexity index is 1580. The Balaban J connectivity index is 1.76. The van der Waals surface area contributed by atoms with Crippen molar-refractivity contribution in [1.82, 2.24) is 4.98 Å². The van der Waals surface area contributed by atoms with E-state index in [0.29, 0.717) is 0 Å². The predicted molar refractivity (Wildman–Crippen MR) is 123 cm³/mol. The van der Waals surface area contributed by atoms with Crippen LogP contribution in [0.25, 0.3) is 54.9 Å². The second-order valence-electron chi connectivity index (χ2n) is 8.90. The average molecular weight is 391 g/mol. The molecule has 0 saturated carbocycles. The van der Waals surface area contributed by atoms with Crippen LogP contribution in [0.2, 0.25) is 0 Å². The fourth-order valence-corrected chi connectivity index (χ4v) is 4.54. The highest BCUT2D eigenvalue weighted by molar-refractivity contribution is 6.21. The molecule has 3 aromatic heterocycles. The lowest BCUT2D eigenvalue weighted by atomic mass is 9.82. The molecule has 0 atom stereocenters. The van der Waals surface area contributed by atoms with Gasteiger partial charge in [0.2, 0.25) is 0 Å². The number of fused-ring (bicyclic) bond motifs is 6. The Morgan fingerprint density at radius 2 is 1.57 bits per heavy atom. The van der Waals surface area contributed by atoms with Crippen LogP contribution in [0, 0.1) is 0 Å². The highest BCUT2D eigenvalue weighted by atomic mass is 16.3. The summed E-state index contributed by atoms with van der Waals surface area (Å²) in [5.74, 6) is 0. The first-order chi connectivity index (χ1) is 14.5. The van der Waals surface area contributed by atoms with Crippen LogP contribution in [0.4, 0.5) is 0 Å². The van der Waals surface area contributed by atoms with Crippen LogP contribution < -0.4 is 0 Å². The van der Waals surface area contributed by atoms with Crippen molar-refractivity contribution in [3.63, 3.8) is 0 Å². The van der Waals surface area contributed by atoms with Crippen LogP contribution in [0.1, 0.15) is 26.3 Å². The van der Waals surface area contributed by atoms with Gasteiger partial charge in [0.25, 0.3) is 0 Å². The zero-order valence-corrected chi connectivity index (χ0v) is 17.2. The zero-order chi connectivity index (χ0) is 20.5. The van der Waals surface area contributed by atoms with Crippen molar-refractivity contribution in [2.45, 2.75) is 26.2 Å². The van der Waals surface area contributed by atoms with E-state index in [1.807, 2.05) is 30.5 Å². The number of pyridine rings is 1. The molecule has 0 amide bonds. The maximum absolute atomic E-state index is 6.20. The summed E-state index contributed by atoms with van der Waals surface area (Å²) in [6.45, 7) is 6.78. The van der Waals surface area contributed by atoms with E-state index in [4.69, 9.17) is 13.8 Å². The summed E-state index contributed by atoms with van der Waals surface area (Å²) in [6.07, 6.45) is 3.56. The number of aromatic nitrogens is 1. The van der Waals surface area contributed by atoms with Crippen molar-refractivity contribution in [2.24, 2.45) is 0 Å². The van der Waals surface area contributed by atoms with Gasteiger partial charge in [-0.1, -0.05) is 45.0 Å². The van der Waals surface area contributed by atoms with Crippen LogP contribution in [0.15, 0.2) is 82.0 Å². The molecule has 0 aliphatic heterocycles. The number of hydrogen-bond acceptors (Lipinski definition) is 3.